The van der Waals surface area contributed by atoms with Crippen LogP contribution in [0, 0.1) is 18.3 Å². The van der Waals surface area contributed by atoms with Crippen LogP contribution in [-0.4, -0.2) is 30.4 Å². The second-order valence-corrected chi connectivity index (χ2v) is 4.03. The monoisotopic (exact) mass is 245 g/mol. The highest BCUT2D eigenvalue weighted by molar-refractivity contribution is 5.81. The van der Waals surface area contributed by atoms with Gasteiger partial charge < -0.3 is 10.2 Å². The molecule has 0 saturated carbocycles. The van der Waals surface area contributed by atoms with Crippen LogP contribution in [0.1, 0.15) is 25.0 Å². The topological polar surface area (TPSA) is 56.1 Å². The molecular weight excluding hydrogens is 226 g/mol. The Morgan fingerprint density at radius 2 is 2.06 bits per heavy atom. The average Bonchev–Trinajstić information content (AvgIpc) is 2.38. The predicted octanol–water partition coefficient (Wildman–Crippen LogP) is 2.15. The van der Waals surface area contributed by atoms with E-state index in [0.717, 1.165) is 11.3 Å². The maximum absolute atomic E-state index is 11.9. The third kappa shape index (κ3) is 3.24. The molecule has 0 saturated heterocycles. The molecule has 0 bridgehead atoms. The van der Waals surface area contributed by atoms with Crippen molar-refractivity contribution in [3.63, 3.8) is 0 Å². The van der Waals surface area contributed by atoms with Crippen molar-refractivity contribution >= 4 is 11.6 Å². The maximum atomic E-state index is 11.9. The van der Waals surface area contributed by atoms with Gasteiger partial charge in [0.25, 0.3) is 0 Å². The van der Waals surface area contributed by atoms with Crippen molar-refractivity contribution in [3.05, 3.63) is 29.3 Å². The average molecular weight is 245 g/mol. The van der Waals surface area contributed by atoms with Crippen LogP contribution in [0.5, 0.6) is 0 Å². The van der Waals surface area contributed by atoms with E-state index < -0.39 is 0 Å². The highest BCUT2D eigenvalue weighted by Crippen LogP contribution is 2.19. The van der Waals surface area contributed by atoms with Gasteiger partial charge in [0.05, 0.1) is 17.8 Å². The number of hydrogen-bond acceptors (Lipinski definition) is 3. The summed E-state index contributed by atoms with van der Waals surface area (Å²) in [7, 11) is 0. The number of carbonyl (C=O) groups is 1. The summed E-state index contributed by atoms with van der Waals surface area (Å²) in [5.74, 6) is 0.0483. The molecule has 1 rings (SSSR count). The first-order chi connectivity index (χ1) is 8.63. The summed E-state index contributed by atoms with van der Waals surface area (Å²) in [6.07, 6.45) is 0. The molecule has 1 aromatic rings. The zero-order chi connectivity index (χ0) is 13.5. The van der Waals surface area contributed by atoms with E-state index in [0.29, 0.717) is 18.7 Å². The van der Waals surface area contributed by atoms with Crippen molar-refractivity contribution in [3.8, 4) is 6.07 Å². The van der Waals surface area contributed by atoms with Crippen molar-refractivity contribution < 1.29 is 4.79 Å². The third-order valence-electron chi connectivity index (χ3n) is 2.93. The first kappa shape index (κ1) is 14.0. The summed E-state index contributed by atoms with van der Waals surface area (Å²) in [5.41, 5.74) is 2.30. The summed E-state index contributed by atoms with van der Waals surface area (Å²) in [5, 5.41) is 12.1. The standard InChI is InChI=1S/C14H19N3O/c1-4-17(5-2)13(18)10-16-14-11(3)7-6-8-12(14)9-15/h6-8,16H,4-5,10H2,1-3H3. The van der Waals surface area contributed by atoms with Gasteiger partial charge in [0.15, 0.2) is 0 Å². The minimum absolute atomic E-state index is 0.0483. The van der Waals surface area contributed by atoms with Gasteiger partial charge in [-0.1, -0.05) is 12.1 Å². The number of nitrogens with one attached hydrogen (secondary N) is 1. The SMILES string of the molecule is CCN(CC)C(=O)CNc1c(C)cccc1C#N. The quantitative estimate of drug-likeness (QED) is 0.864. The molecule has 4 nitrogen and oxygen atoms in total. The predicted molar refractivity (Wildman–Crippen MR) is 72.3 cm³/mol. The van der Waals surface area contributed by atoms with Crippen LogP contribution >= 0.6 is 0 Å². The van der Waals surface area contributed by atoms with Crippen LogP contribution < -0.4 is 5.32 Å². The number of carbonyl (C=O) groups excluding carboxylic acids is 1. The normalized spacial score (nSPS) is 9.67. The van der Waals surface area contributed by atoms with Gasteiger partial charge in [-0.05, 0) is 32.4 Å². The number of anilines is 1. The van der Waals surface area contributed by atoms with Crippen LogP contribution in [0.4, 0.5) is 5.69 Å². The number of nitriles is 1. The highest BCUT2D eigenvalue weighted by Gasteiger charge is 2.11. The molecule has 0 spiro atoms. The molecule has 0 radical (unpaired) electrons. The van der Waals surface area contributed by atoms with E-state index in [1.54, 1.807) is 11.0 Å². The zero-order valence-electron chi connectivity index (χ0n) is 11.2. The highest BCUT2D eigenvalue weighted by atomic mass is 16.2. The van der Waals surface area contributed by atoms with Crippen LogP contribution in [0.2, 0.25) is 0 Å². The molecule has 0 fully saturated rings. The molecule has 18 heavy (non-hydrogen) atoms. The molecule has 0 aliphatic carbocycles. The number of aryl methyl sites for hydroxylation is 1. The molecule has 0 unspecified atom stereocenters. The van der Waals surface area contributed by atoms with Gasteiger partial charge in [-0.3, -0.25) is 4.79 Å². The second kappa shape index (κ2) is 6.65. The Morgan fingerprint density at radius 1 is 1.39 bits per heavy atom. The van der Waals surface area contributed by atoms with Gasteiger partial charge in [0, 0.05) is 13.1 Å². The molecule has 0 aromatic heterocycles. The Balaban J connectivity index is 2.75. The Labute approximate surface area is 108 Å². The molecule has 1 N–H and O–H groups in total. The lowest BCUT2D eigenvalue weighted by molar-refractivity contribution is -0.128. The summed E-state index contributed by atoms with van der Waals surface area (Å²) in [6.45, 7) is 7.46. The van der Waals surface area contributed by atoms with Crippen LogP contribution in [0.15, 0.2) is 18.2 Å². The zero-order valence-corrected chi connectivity index (χ0v) is 11.2. The number of likely N-dealkylation sites (N-methyl/N-ethyl adjacent to an activating group) is 1. The van der Waals surface area contributed by atoms with Gasteiger partial charge >= 0.3 is 0 Å². The maximum Gasteiger partial charge on any atom is 0.241 e. The molecule has 96 valence electrons. The number of hydrogen-bond donors (Lipinski definition) is 1. The molecule has 0 aliphatic heterocycles. The number of nitrogens with zero attached hydrogens (tertiary/aromatic N) is 2. The molecule has 1 amide bonds. The fourth-order valence-electron chi connectivity index (χ4n) is 1.85. The number of benzene rings is 1. The van der Waals surface area contributed by atoms with Crippen molar-refractivity contribution in [2.75, 3.05) is 25.0 Å². The van der Waals surface area contributed by atoms with Gasteiger partial charge in [-0.2, -0.15) is 5.26 Å². The minimum Gasteiger partial charge on any atom is -0.375 e. The van der Waals surface area contributed by atoms with E-state index in [2.05, 4.69) is 11.4 Å². The minimum atomic E-state index is 0.0483. The Kier molecular flexibility index (Phi) is 5.19. The van der Waals surface area contributed by atoms with Crippen molar-refractivity contribution in [1.29, 1.82) is 5.26 Å². The van der Waals surface area contributed by atoms with E-state index in [1.165, 1.54) is 0 Å². The van der Waals surface area contributed by atoms with Gasteiger partial charge in [0.1, 0.15) is 6.07 Å². The summed E-state index contributed by atoms with van der Waals surface area (Å²) in [4.78, 5) is 13.6. The largest absolute Gasteiger partial charge is 0.375 e. The Morgan fingerprint density at radius 3 is 2.61 bits per heavy atom. The van der Waals surface area contributed by atoms with E-state index in [9.17, 15) is 4.79 Å². The van der Waals surface area contributed by atoms with Crippen LogP contribution in [-0.2, 0) is 4.79 Å². The fourth-order valence-corrected chi connectivity index (χ4v) is 1.85. The lowest BCUT2D eigenvalue weighted by Gasteiger charge is -2.19. The smallest absolute Gasteiger partial charge is 0.241 e. The summed E-state index contributed by atoms with van der Waals surface area (Å²) in [6, 6.07) is 7.64. The molecule has 0 atom stereocenters. The van der Waals surface area contributed by atoms with Gasteiger partial charge in [0.2, 0.25) is 5.91 Å². The lowest BCUT2D eigenvalue weighted by Crippen LogP contribution is -2.35. The number of amides is 1. The van der Waals surface area contributed by atoms with E-state index in [1.807, 2.05) is 32.9 Å². The third-order valence-corrected chi connectivity index (χ3v) is 2.93. The Bertz CT molecular complexity index is 459. The first-order valence-corrected chi connectivity index (χ1v) is 6.15. The molecule has 0 aliphatic rings. The van der Waals surface area contributed by atoms with Gasteiger partial charge in [-0.15, -0.1) is 0 Å². The first-order valence-electron chi connectivity index (χ1n) is 6.15. The van der Waals surface area contributed by atoms with E-state index >= 15 is 0 Å². The van der Waals surface area contributed by atoms with Gasteiger partial charge in [-0.25, -0.2) is 0 Å². The molecule has 4 heteroatoms. The van der Waals surface area contributed by atoms with Crippen LogP contribution in [0.25, 0.3) is 0 Å². The van der Waals surface area contributed by atoms with Crippen molar-refractivity contribution in [2.45, 2.75) is 20.8 Å². The van der Waals surface area contributed by atoms with Crippen molar-refractivity contribution in [1.82, 2.24) is 4.90 Å². The lowest BCUT2D eigenvalue weighted by atomic mass is 10.1. The van der Waals surface area contributed by atoms with Crippen molar-refractivity contribution in [2.24, 2.45) is 0 Å². The van der Waals surface area contributed by atoms with Crippen LogP contribution in [0.3, 0.4) is 0 Å². The number of rotatable bonds is 5. The van der Waals surface area contributed by atoms with E-state index in [-0.39, 0.29) is 12.5 Å². The molecule has 0 heterocycles. The molecule has 1 aromatic carbocycles. The fraction of sp³-hybridized carbons (Fsp3) is 0.429. The number of para-hydroxylation sites is 1. The summed E-state index contributed by atoms with van der Waals surface area (Å²) < 4.78 is 0. The second-order valence-electron chi connectivity index (χ2n) is 4.03. The molecular formula is C14H19N3O. The summed E-state index contributed by atoms with van der Waals surface area (Å²) >= 11 is 0. The van der Waals surface area contributed by atoms with E-state index in [4.69, 9.17) is 5.26 Å². The Hall–Kier alpha value is -2.02.